The van der Waals surface area contributed by atoms with Gasteiger partial charge >= 0.3 is 0 Å². The van der Waals surface area contributed by atoms with E-state index in [0.29, 0.717) is 39.3 Å². The van der Waals surface area contributed by atoms with Crippen molar-refractivity contribution in [2.45, 2.75) is 39.5 Å². The number of ether oxygens (including phenoxy) is 1. The molecule has 0 N–H and O–H groups in total. The summed E-state index contributed by atoms with van der Waals surface area (Å²) in [5.41, 5.74) is 2.29. The fourth-order valence-corrected chi connectivity index (χ4v) is 5.80. The van der Waals surface area contributed by atoms with E-state index in [4.69, 9.17) is 21.9 Å². The van der Waals surface area contributed by atoms with Crippen molar-refractivity contribution in [3.05, 3.63) is 80.4 Å². The van der Waals surface area contributed by atoms with Gasteiger partial charge in [-0.2, -0.15) is 0 Å². The number of aryl methyl sites for hydroxylation is 1. The quantitative estimate of drug-likeness (QED) is 0.375. The summed E-state index contributed by atoms with van der Waals surface area (Å²) in [5.74, 6) is -0.110. The van der Waals surface area contributed by atoms with Crippen molar-refractivity contribution in [1.29, 1.82) is 0 Å². The lowest BCUT2D eigenvalue weighted by Crippen LogP contribution is -2.46. The number of halogens is 1. The third-order valence-corrected chi connectivity index (χ3v) is 7.56. The van der Waals surface area contributed by atoms with Crippen LogP contribution in [0.3, 0.4) is 0 Å². The van der Waals surface area contributed by atoms with Gasteiger partial charge in [-0.3, -0.25) is 18.9 Å². The molecule has 1 aromatic carbocycles. The monoisotopic (exact) mass is 524 g/mol. The van der Waals surface area contributed by atoms with Gasteiger partial charge in [-0.25, -0.2) is 9.37 Å². The molecule has 0 saturated carbocycles. The third-order valence-electron chi connectivity index (χ3n) is 6.19. The Balaban J connectivity index is 1.58. The van der Waals surface area contributed by atoms with Crippen LogP contribution in [0.2, 0.25) is 0 Å². The van der Waals surface area contributed by atoms with Gasteiger partial charge in [-0.05, 0) is 56.2 Å². The zero-order valence-electron chi connectivity index (χ0n) is 20.1. The molecular formula is C26H25FN4O3S2. The molecule has 2 aliphatic rings. The van der Waals surface area contributed by atoms with Gasteiger partial charge in [0.05, 0.1) is 29.2 Å². The molecule has 2 aromatic heterocycles. The molecule has 0 radical (unpaired) electrons. The van der Waals surface area contributed by atoms with Crippen LogP contribution in [0.25, 0.3) is 11.7 Å². The van der Waals surface area contributed by atoms with Gasteiger partial charge in [0.25, 0.3) is 11.5 Å². The molecule has 5 rings (SSSR count). The Morgan fingerprint density at radius 2 is 1.86 bits per heavy atom. The molecule has 186 valence electrons. The SMILES string of the molecule is Cc1cccn2c(=O)c(C=C3SC(=S)N(Cc4ccc(F)cc4)C3=O)c(N3CC(C)OC(C)C3)nc12. The molecule has 0 bridgehead atoms. The summed E-state index contributed by atoms with van der Waals surface area (Å²) < 4.78 is 21.1. The first kappa shape index (κ1) is 24.6. The topological polar surface area (TPSA) is 67.2 Å². The first-order valence-corrected chi connectivity index (χ1v) is 12.9. The van der Waals surface area contributed by atoms with E-state index in [9.17, 15) is 14.0 Å². The average molecular weight is 525 g/mol. The number of aromatic nitrogens is 2. The Kier molecular flexibility index (Phi) is 6.67. The van der Waals surface area contributed by atoms with Crippen molar-refractivity contribution < 1.29 is 13.9 Å². The maximum atomic E-state index is 13.7. The molecule has 2 fully saturated rings. The van der Waals surface area contributed by atoms with Gasteiger partial charge in [-0.15, -0.1) is 0 Å². The van der Waals surface area contributed by atoms with Crippen molar-refractivity contribution in [3.8, 4) is 0 Å². The van der Waals surface area contributed by atoms with E-state index >= 15 is 0 Å². The smallest absolute Gasteiger partial charge is 0.267 e. The second-order valence-corrected chi connectivity index (χ2v) is 10.8. The number of fused-ring (bicyclic) bond motifs is 1. The summed E-state index contributed by atoms with van der Waals surface area (Å²) in [5, 5.41) is 0. The van der Waals surface area contributed by atoms with Gasteiger partial charge in [0.15, 0.2) is 0 Å². The Bertz CT molecular complexity index is 1440. The van der Waals surface area contributed by atoms with E-state index in [2.05, 4.69) is 4.90 Å². The number of carbonyl (C=O) groups is 1. The fraction of sp³-hybridized carbons (Fsp3) is 0.308. The molecule has 2 aliphatic heterocycles. The molecule has 0 aliphatic carbocycles. The molecule has 0 spiro atoms. The molecule has 10 heteroatoms. The lowest BCUT2D eigenvalue weighted by Gasteiger charge is -2.36. The number of thioether (sulfide) groups is 1. The second-order valence-electron chi connectivity index (χ2n) is 9.10. The Hall–Kier alpha value is -3.08. The number of anilines is 1. The Labute approximate surface area is 217 Å². The number of morpholine rings is 1. The molecule has 7 nitrogen and oxygen atoms in total. The summed E-state index contributed by atoms with van der Waals surface area (Å²) in [6, 6.07) is 9.66. The number of hydrogen-bond acceptors (Lipinski definition) is 7. The predicted molar refractivity (Wildman–Crippen MR) is 144 cm³/mol. The number of thiocarbonyl (C=S) groups is 1. The molecule has 2 atom stereocenters. The van der Waals surface area contributed by atoms with Crippen molar-refractivity contribution in [2.24, 2.45) is 0 Å². The van der Waals surface area contributed by atoms with Gasteiger partial charge < -0.3 is 9.64 Å². The molecular weight excluding hydrogens is 499 g/mol. The highest BCUT2D eigenvalue weighted by Crippen LogP contribution is 2.35. The lowest BCUT2D eigenvalue weighted by molar-refractivity contribution is -0.122. The zero-order chi connectivity index (χ0) is 25.6. The summed E-state index contributed by atoms with van der Waals surface area (Å²) in [4.78, 5) is 35.8. The summed E-state index contributed by atoms with van der Waals surface area (Å²) in [7, 11) is 0. The molecule has 3 aromatic rings. The van der Waals surface area contributed by atoms with Crippen molar-refractivity contribution >= 4 is 51.7 Å². The first-order chi connectivity index (χ1) is 17.2. The molecule has 2 saturated heterocycles. The van der Waals surface area contributed by atoms with Crippen LogP contribution in [0.4, 0.5) is 10.2 Å². The normalized spacial score (nSPS) is 21.7. The highest BCUT2D eigenvalue weighted by Gasteiger charge is 2.34. The van der Waals surface area contributed by atoms with Crippen LogP contribution in [0.1, 0.15) is 30.5 Å². The number of pyridine rings is 1. The van der Waals surface area contributed by atoms with E-state index in [-0.39, 0.29) is 36.0 Å². The minimum Gasteiger partial charge on any atom is -0.372 e. The Morgan fingerprint density at radius 1 is 1.17 bits per heavy atom. The van der Waals surface area contributed by atoms with Crippen LogP contribution in [-0.2, 0) is 16.1 Å². The number of carbonyl (C=O) groups excluding carboxylic acids is 1. The number of hydrogen-bond donors (Lipinski definition) is 0. The summed E-state index contributed by atoms with van der Waals surface area (Å²) in [6.45, 7) is 7.26. The largest absolute Gasteiger partial charge is 0.372 e. The standard InChI is InChI=1S/C26H25FN4O3S2/c1-15-5-4-10-30-22(15)28-23(29-12-16(2)34-17(3)13-29)20(24(30)32)11-21-25(33)31(26(35)36-21)14-18-6-8-19(27)9-7-18/h4-11,16-17H,12-14H2,1-3H3. The summed E-state index contributed by atoms with van der Waals surface area (Å²) >= 11 is 6.63. The Morgan fingerprint density at radius 3 is 2.56 bits per heavy atom. The highest BCUT2D eigenvalue weighted by molar-refractivity contribution is 8.26. The maximum Gasteiger partial charge on any atom is 0.267 e. The highest BCUT2D eigenvalue weighted by atomic mass is 32.2. The van der Waals surface area contributed by atoms with E-state index in [1.807, 2.05) is 26.8 Å². The zero-order valence-corrected chi connectivity index (χ0v) is 21.7. The van der Waals surface area contributed by atoms with Crippen molar-refractivity contribution in [1.82, 2.24) is 14.3 Å². The molecule has 36 heavy (non-hydrogen) atoms. The van der Waals surface area contributed by atoms with Crippen LogP contribution >= 0.6 is 24.0 Å². The van der Waals surface area contributed by atoms with Crippen LogP contribution < -0.4 is 10.5 Å². The van der Waals surface area contributed by atoms with Crippen LogP contribution in [0, 0.1) is 12.7 Å². The maximum absolute atomic E-state index is 13.7. The molecule has 1 amide bonds. The van der Waals surface area contributed by atoms with Crippen molar-refractivity contribution in [3.63, 3.8) is 0 Å². The first-order valence-electron chi connectivity index (χ1n) is 11.6. The minimum atomic E-state index is -0.345. The van der Waals surface area contributed by atoms with Gasteiger partial charge in [0.1, 0.15) is 21.6 Å². The van der Waals surface area contributed by atoms with Crippen LogP contribution in [0.5, 0.6) is 0 Å². The van der Waals surface area contributed by atoms with Gasteiger partial charge in [-0.1, -0.05) is 42.2 Å². The average Bonchev–Trinajstić information content (AvgIpc) is 3.09. The van der Waals surface area contributed by atoms with Crippen LogP contribution in [0.15, 0.2) is 52.3 Å². The van der Waals surface area contributed by atoms with Crippen LogP contribution in [-0.4, -0.2) is 49.8 Å². The third kappa shape index (κ3) is 4.68. The van der Waals surface area contributed by atoms with E-state index < -0.39 is 0 Å². The fourth-order valence-electron chi connectivity index (χ4n) is 4.56. The predicted octanol–water partition coefficient (Wildman–Crippen LogP) is 4.16. The van der Waals surface area contributed by atoms with Gasteiger partial charge in [0.2, 0.25) is 0 Å². The number of benzene rings is 1. The lowest BCUT2D eigenvalue weighted by atomic mass is 10.1. The minimum absolute atomic E-state index is 0.0346. The van der Waals surface area contributed by atoms with E-state index in [1.54, 1.807) is 30.5 Å². The number of rotatable bonds is 4. The van der Waals surface area contributed by atoms with E-state index in [0.717, 1.165) is 22.9 Å². The number of amides is 1. The number of nitrogens with zero attached hydrogens (tertiary/aromatic N) is 4. The second kappa shape index (κ2) is 9.76. The van der Waals surface area contributed by atoms with E-state index in [1.165, 1.54) is 21.4 Å². The van der Waals surface area contributed by atoms with Crippen molar-refractivity contribution in [2.75, 3.05) is 18.0 Å². The summed E-state index contributed by atoms with van der Waals surface area (Å²) in [6.07, 6.45) is 3.22. The molecule has 4 heterocycles. The van der Waals surface area contributed by atoms with Gasteiger partial charge in [0, 0.05) is 19.3 Å². The molecule has 2 unspecified atom stereocenters.